The molecule has 1 aliphatic heterocycles. The highest BCUT2D eigenvalue weighted by Crippen LogP contribution is 2.24. The van der Waals surface area contributed by atoms with Crippen molar-refractivity contribution in [3.05, 3.63) is 34.3 Å². The Labute approximate surface area is 197 Å². The number of carbonyl (C=O) groups is 4. The van der Waals surface area contributed by atoms with Crippen LogP contribution in [0.1, 0.15) is 30.6 Å². The Morgan fingerprint density at radius 1 is 1.18 bits per heavy atom. The van der Waals surface area contributed by atoms with Gasteiger partial charge in [0.2, 0.25) is 5.91 Å². The van der Waals surface area contributed by atoms with Gasteiger partial charge in [0.15, 0.2) is 11.6 Å². The van der Waals surface area contributed by atoms with Gasteiger partial charge in [-0.1, -0.05) is 41.9 Å². The number of carbonyl (C=O) groups excluding carboxylic acids is 4. The molecule has 0 aliphatic carbocycles. The molecule has 1 aromatic carbocycles. The van der Waals surface area contributed by atoms with Crippen LogP contribution in [0.15, 0.2) is 28.7 Å². The second-order valence-electron chi connectivity index (χ2n) is 8.02. The van der Waals surface area contributed by atoms with Crippen molar-refractivity contribution in [1.29, 1.82) is 0 Å². The van der Waals surface area contributed by atoms with E-state index in [4.69, 9.17) is 0 Å². The molecule has 2 atom stereocenters. The minimum absolute atomic E-state index is 0.266. The number of nitrogens with zero attached hydrogens (tertiary/aromatic N) is 2. The summed E-state index contributed by atoms with van der Waals surface area (Å²) in [6, 6.07) is 3.89. The van der Waals surface area contributed by atoms with Gasteiger partial charge in [0, 0.05) is 16.6 Å². The molecule has 8 nitrogen and oxygen atoms in total. The molecule has 0 radical (unpaired) electrons. The van der Waals surface area contributed by atoms with Crippen molar-refractivity contribution >= 4 is 39.5 Å². The summed E-state index contributed by atoms with van der Waals surface area (Å²) < 4.78 is 44.2. The van der Waals surface area contributed by atoms with Crippen LogP contribution >= 0.6 is 15.9 Å². The Morgan fingerprint density at radius 2 is 1.79 bits per heavy atom. The molecule has 1 saturated heterocycles. The largest absolute Gasteiger partial charge is 0.453 e. The maximum Gasteiger partial charge on any atom is 0.407 e. The summed E-state index contributed by atoms with van der Waals surface area (Å²) in [4.78, 5) is 52.2. The molecule has 1 heterocycles. The van der Waals surface area contributed by atoms with Crippen LogP contribution in [0.3, 0.4) is 0 Å². The first-order valence-electron chi connectivity index (χ1n) is 10.1. The SMILES string of the molecule is COC(=O)NC(C(=O)N1CN(CC(F)(F)F)CC1C(=O)CC(=O)c1ccc(Br)cc1)C(C)C. The summed E-state index contributed by atoms with van der Waals surface area (Å²) >= 11 is 3.24. The number of amides is 2. The number of benzene rings is 1. The lowest BCUT2D eigenvalue weighted by molar-refractivity contribution is -0.148. The third kappa shape index (κ3) is 7.53. The summed E-state index contributed by atoms with van der Waals surface area (Å²) in [6.45, 7) is 1.11. The number of methoxy groups -OCH3 is 1. The maximum absolute atomic E-state index is 13.2. The van der Waals surface area contributed by atoms with Crippen LogP contribution in [0.2, 0.25) is 0 Å². The fourth-order valence-electron chi connectivity index (χ4n) is 3.47. The standard InChI is InChI=1S/C21H25BrF3N3O5/c1-12(2)18(26-20(32)33-3)19(31)28-11-27(10-21(23,24)25)9-15(28)17(30)8-16(29)13-4-6-14(22)7-5-13/h4-7,12,15,18H,8-11H2,1-3H3,(H,26,32). The third-order valence-corrected chi connectivity index (χ3v) is 5.64. The van der Waals surface area contributed by atoms with Crippen LogP contribution < -0.4 is 5.32 Å². The molecule has 1 aromatic rings. The third-order valence-electron chi connectivity index (χ3n) is 5.11. The van der Waals surface area contributed by atoms with Gasteiger partial charge in [-0.15, -0.1) is 0 Å². The van der Waals surface area contributed by atoms with E-state index >= 15 is 0 Å². The van der Waals surface area contributed by atoms with Gasteiger partial charge in [-0.25, -0.2) is 4.79 Å². The first-order valence-corrected chi connectivity index (χ1v) is 10.9. The number of hydrogen-bond donors (Lipinski definition) is 1. The van der Waals surface area contributed by atoms with Gasteiger partial charge in [0.1, 0.15) is 12.1 Å². The van der Waals surface area contributed by atoms with E-state index < -0.39 is 67.4 Å². The van der Waals surface area contributed by atoms with E-state index in [0.29, 0.717) is 0 Å². The predicted octanol–water partition coefficient (Wildman–Crippen LogP) is 3.00. The van der Waals surface area contributed by atoms with Gasteiger partial charge < -0.3 is 15.0 Å². The minimum atomic E-state index is -4.54. The fourth-order valence-corrected chi connectivity index (χ4v) is 3.74. The number of ether oxygens (including phenoxy) is 1. The Bertz CT molecular complexity index is 892. The topological polar surface area (TPSA) is 96.0 Å². The monoisotopic (exact) mass is 535 g/mol. The summed E-state index contributed by atoms with van der Waals surface area (Å²) in [5.41, 5.74) is 0.266. The molecule has 0 aromatic heterocycles. The number of nitrogens with one attached hydrogen (secondary N) is 1. The first kappa shape index (κ1) is 26.8. The second-order valence-corrected chi connectivity index (χ2v) is 8.94. The van der Waals surface area contributed by atoms with Crippen LogP contribution in [0.4, 0.5) is 18.0 Å². The van der Waals surface area contributed by atoms with Crippen LogP contribution in [0.25, 0.3) is 0 Å². The van der Waals surface area contributed by atoms with Crippen molar-refractivity contribution in [1.82, 2.24) is 15.1 Å². The van der Waals surface area contributed by atoms with Crippen molar-refractivity contribution in [2.24, 2.45) is 5.92 Å². The van der Waals surface area contributed by atoms with E-state index in [-0.39, 0.29) is 12.1 Å². The zero-order valence-corrected chi connectivity index (χ0v) is 19.9. The van der Waals surface area contributed by atoms with Crippen molar-refractivity contribution in [2.45, 2.75) is 38.5 Å². The average Bonchev–Trinajstić information content (AvgIpc) is 3.13. The molecule has 12 heteroatoms. The fraction of sp³-hybridized carbons (Fsp3) is 0.524. The number of alkyl halides is 3. The molecule has 0 spiro atoms. The first-order chi connectivity index (χ1) is 15.3. The van der Waals surface area contributed by atoms with Crippen LogP contribution in [-0.2, 0) is 14.3 Å². The molecule has 2 amide bonds. The smallest absolute Gasteiger partial charge is 0.407 e. The number of alkyl carbamates (subject to hydrolysis) is 1. The van der Waals surface area contributed by atoms with E-state index in [9.17, 15) is 32.3 Å². The second kappa shape index (κ2) is 11.1. The summed E-state index contributed by atoms with van der Waals surface area (Å²) in [5, 5.41) is 2.36. The molecule has 0 saturated carbocycles. The molecular weight excluding hydrogens is 511 g/mol. The normalized spacial score (nSPS) is 17.7. The van der Waals surface area contributed by atoms with E-state index in [0.717, 1.165) is 21.4 Å². The Morgan fingerprint density at radius 3 is 2.30 bits per heavy atom. The van der Waals surface area contributed by atoms with Gasteiger partial charge in [-0.2, -0.15) is 13.2 Å². The number of rotatable bonds is 8. The number of ketones is 2. The molecule has 182 valence electrons. The Balaban J connectivity index is 2.25. The Hall–Kier alpha value is -2.47. The van der Waals surface area contributed by atoms with Crippen molar-refractivity contribution in [2.75, 3.05) is 26.9 Å². The number of halogens is 4. The molecule has 0 bridgehead atoms. The summed E-state index contributed by atoms with van der Waals surface area (Å²) in [6.07, 6.45) is -6.00. The average molecular weight is 536 g/mol. The van der Waals surface area contributed by atoms with Crippen molar-refractivity contribution in [3.63, 3.8) is 0 Å². The van der Waals surface area contributed by atoms with Gasteiger partial charge in [0.25, 0.3) is 0 Å². The van der Waals surface area contributed by atoms with Crippen LogP contribution in [0.5, 0.6) is 0 Å². The lowest BCUT2D eigenvalue weighted by Gasteiger charge is -2.29. The van der Waals surface area contributed by atoms with E-state index in [1.54, 1.807) is 26.0 Å². The van der Waals surface area contributed by atoms with Crippen LogP contribution in [0, 0.1) is 5.92 Å². The highest BCUT2D eigenvalue weighted by atomic mass is 79.9. The van der Waals surface area contributed by atoms with Crippen molar-refractivity contribution < 1.29 is 37.1 Å². The molecule has 2 unspecified atom stereocenters. The lowest BCUT2D eigenvalue weighted by Crippen LogP contribution is -2.54. The van der Waals surface area contributed by atoms with E-state index in [1.165, 1.54) is 12.1 Å². The molecule has 1 N–H and O–H groups in total. The molecule has 33 heavy (non-hydrogen) atoms. The zero-order valence-electron chi connectivity index (χ0n) is 18.3. The highest BCUT2D eigenvalue weighted by molar-refractivity contribution is 9.10. The van der Waals surface area contributed by atoms with Gasteiger partial charge >= 0.3 is 12.3 Å². The Kier molecular flexibility index (Phi) is 9.01. The van der Waals surface area contributed by atoms with Crippen LogP contribution in [-0.4, -0.2) is 78.5 Å². The van der Waals surface area contributed by atoms with Gasteiger partial charge in [0.05, 0.1) is 26.7 Å². The molecular formula is C21H25BrF3N3O5. The van der Waals surface area contributed by atoms with Gasteiger partial charge in [-0.05, 0) is 18.1 Å². The minimum Gasteiger partial charge on any atom is -0.453 e. The van der Waals surface area contributed by atoms with Gasteiger partial charge in [-0.3, -0.25) is 19.3 Å². The summed E-state index contributed by atoms with van der Waals surface area (Å²) in [7, 11) is 1.11. The maximum atomic E-state index is 13.2. The predicted molar refractivity (Wildman–Crippen MR) is 115 cm³/mol. The summed E-state index contributed by atoms with van der Waals surface area (Å²) in [5.74, 6) is -2.35. The molecule has 2 rings (SSSR count). The molecule has 1 aliphatic rings. The lowest BCUT2D eigenvalue weighted by atomic mass is 9.99. The molecule has 1 fully saturated rings. The highest BCUT2D eigenvalue weighted by Gasteiger charge is 2.44. The van der Waals surface area contributed by atoms with E-state index in [1.807, 2.05) is 0 Å². The number of Topliss-reactive ketones (excluding diaryl/α,β-unsaturated/α-hetero) is 2. The van der Waals surface area contributed by atoms with Crippen molar-refractivity contribution in [3.8, 4) is 0 Å². The number of hydrogen-bond acceptors (Lipinski definition) is 6. The quantitative estimate of drug-likeness (QED) is 0.406. The zero-order chi connectivity index (χ0) is 24.9. The van der Waals surface area contributed by atoms with E-state index in [2.05, 4.69) is 26.0 Å².